The first-order valence-electron chi connectivity index (χ1n) is 7.84. The molecule has 3 rings (SSSR count). The topological polar surface area (TPSA) is 74.3 Å². The summed E-state index contributed by atoms with van der Waals surface area (Å²) >= 11 is 0. The Morgan fingerprint density at radius 1 is 1.25 bits per heavy atom. The lowest BCUT2D eigenvalue weighted by atomic mass is 10.1. The minimum atomic E-state index is -1.21. The van der Waals surface area contributed by atoms with E-state index in [1.807, 2.05) is 30.5 Å². The van der Waals surface area contributed by atoms with Crippen molar-refractivity contribution < 1.29 is 14.6 Å². The third kappa shape index (κ3) is 3.41. The number of para-hydroxylation sites is 1. The summed E-state index contributed by atoms with van der Waals surface area (Å²) in [7, 11) is 1.55. The van der Waals surface area contributed by atoms with Gasteiger partial charge in [0.1, 0.15) is 5.75 Å². The molecule has 0 bridgehead atoms. The number of fused-ring (bicyclic) bond motifs is 1. The molecule has 3 N–H and O–H groups in total. The van der Waals surface area contributed by atoms with E-state index in [1.165, 1.54) is 0 Å². The summed E-state index contributed by atoms with van der Waals surface area (Å²) in [6.45, 7) is 0.460. The average Bonchev–Trinajstić information content (AvgIpc) is 3.04. The number of hydrogen-bond donors (Lipinski definition) is 3. The molecule has 0 fully saturated rings. The highest BCUT2D eigenvalue weighted by Crippen LogP contribution is 2.20. The van der Waals surface area contributed by atoms with Crippen LogP contribution in [0.15, 0.2) is 54.7 Å². The summed E-state index contributed by atoms with van der Waals surface area (Å²) < 4.78 is 5.11. The van der Waals surface area contributed by atoms with Gasteiger partial charge in [-0.25, -0.2) is 0 Å². The number of methoxy groups -OCH3 is 1. The molecule has 0 aliphatic heterocycles. The van der Waals surface area contributed by atoms with Gasteiger partial charge in [0.2, 0.25) is 0 Å². The van der Waals surface area contributed by atoms with Crippen LogP contribution in [0.1, 0.15) is 17.2 Å². The van der Waals surface area contributed by atoms with E-state index in [4.69, 9.17) is 4.74 Å². The zero-order valence-electron chi connectivity index (χ0n) is 13.5. The van der Waals surface area contributed by atoms with E-state index < -0.39 is 12.0 Å². The minimum absolute atomic E-state index is 0.414. The maximum absolute atomic E-state index is 12.1. The number of H-pyrrole nitrogens is 1. The molecule has 0 saturated heterocycles. The standard InChI is InChI=1S/C19H20N2O3/c1-24-15-6-4-5-13(11-15)18(22)19(23)20-10-9-14-12-21-17-8-3-2-7-16(14)17/h2-8,11-12,18,21-22H,9-10H2,1H3,(H,20,23). The third-order valence-corrected chi connectivity index (χ3v) is 4.03. The van der Waals surface area contributed by atoms with Gasteiger partial charge >= 0.3 is 0 Å². The highest BCUT2D eigenvalue weighted by molar-refractivity contribution is 5.84. The van der Waals surface area contributed by atoms with Crippen LogP contribution in [0.25, 0.3) is 10.9 Å². The molecule has 124 valence electrons. The molecule has 24 heavy (non-hydrogen) atoms. The van der Waals surface area contributed by atoms with Gasteiger partial charge in [-0.3, -0.25) is 4.79 Å². The molecule has 0 aliphatic carbocycles. The monoisotopic (exact) mass is 324 g/mol. The van der Waals surface area contributed by atoms with Gasteiger partial charge in [-0.2, -0.15) is 0 Å². The van der Waals surface area contributed by atoms with Crippen LogP contribution in [0.4, 0.5) is 0 Å². The van der Waals surface area contributed by atoms with Gasteiger partial charge in [-0.05, 0) is 35.7 Å². The number of carbonyl (C=O) groups excluding carboxylic acids is 1. The lowest BCUT2D eigenvalue weighted by molar-refractivity contribution is -0.129. The average molecular weight is 324 g/mol. The number of aliphatic hydroxyl groups is 1. The van der Waals surface area contributed by atoms with Crippen molar-refractivity contribution in [2.24, 2.45) is 0 Å². The summed E-state index contributed by atoms with van der Waals surface area (Å²) in [6.07, 6.45) is 1.44. The third-order valence-electron chi connectivity index (χ3n) is 4.03. The van der Waals surface area contributed by atoms with Gasteiger partial charge < -0.3 is 20.1 Å². The van der Waals surface area contributed by atoms with Crippen molar-refractivity contribution in [3.63, 3.8) is 0 Å². The lowest BCUT2D eigenvalue weighted by Gasteiger charge is -2.12. The Hall–Kier alpha value is -2.79. The Morgan fingerprint density at radius 3 is 2.92 bits per heavy atom. The van der Waals surface area contributed by atoms with Gasteiger partial charge in [0, 0.05) is 23.6 Å². The van der Waals surface area contributed by atoms with E-state index in [0.717, 1.165) is 16.5 Å². The maximum atomic E-state index is 12.1. The zero-order valence-corrected chi connectivity index (χ0v) is 13.5. The number of aromatic amines is 1. The van der Waals surface area contributed by atoms with E-state index in [2.05, 4.69) is 10.3 Å². The van der Waals surface area contributed by atoms with Crippen LogP contribution in [0.2, 0.25) is 0 Å². The Labute approximate surface area is 140 Å². The smallest absolute Gasteiger partial charge is 0.253 e. The van der Waals surface area contributed by atoms with E-state index >= 15 is 0 Å². The molecular formula is C19H20N2O3. The summed E-state index contributed by atoms with van der Waals surface area (Å²) in [5.74, 6) is 0.196. The molecule has 1 atom stereocenters. The van der Waals surface area contributed by atoms with Gasteiger partial charge in [-0.1, -0.05) is 30.3 Å². The minimum Gasteiger partial charge on any atom is -0.497 e. The molecule has 0 spiro atoms. The molecular weight excluding hydrogens is 304 g/mol. The Bertz CT molecular complexity index is 841. The molecule has 2 aromatic carbocycles. The van der Waals surface area contributed by atoms with Crippen molar-refractivity contribution in [2.45, 2.75) is 12.5 Å². The number of aromatic nitrogens is 1. The summed E-state index contributed by atoms with van der Waals surface area (Å²) in [4.78, 5) is 15.3. The molecule has 3 aromatic rings. The van der Waals surface area contributed by atoms with Crippen molar-refractivity contribution in [3.8, 4) is 5.75 Å². The van der Waals surface area contributed by atoms with E-state index in [-0.39, 0.29) is 0 Å². The highest BCUT2D eigenvalue weighted by Gasteiger charge is 2.17. The second-order valence-electron chi connectivity index (χ2n) is 5.58. The molecule has 5 nitrogen and oxygen atoms in total. The first-order chi connectivity index (χ1) is 11.7. The molecule has 0 aliphatic rings. The summed E-state index contributed by atoms with van der Waals surface area (Å²) in [6, 6.07) is 14.9. The van der Waals surface area contributed by atoms with Crippen LogP contribution in [0, 0.1) is 0 Å². The van der Waals surface area contributed by atoms with Gasteiger partial charge in [-0.15, -0.1) is 0 Å². The van der Waals surface area contributed by atoms with Gasteiger partial charge in [0.15, 0.2) is 6.10 Å². The molecule has 1 unspecified atom stereocenters. The Morgan fingerprint density at radius 2 is 2.08 bits per heavy atom. The quantitative estimate of drug-likeness (QED) is 0.652. The Balaban J connectivity index is 1.59. The fourth-order valence-electron chi connectivity index (χ4n) is 2.72. The number of amides is 1. The van der Waals surface area contributed by atoms with Crippen molar-refractivity contribution >= 4 is 16.8 Å². The summed E-state index contributed by atoms with van der Waals surface area (Å²) in [5, 5.41) is 14.1. The SMILES string of the molecule is COc1cccc(C(O)C(=O)NCCc2c[nH]c3ccccc23)c1. The number of rotatable bonds is 6. The number of ether oxygens (including phenoxy) is 1. The molecule has 1 heterocycles. The zero-order chi connectivity index (χ0) is 16.9. The molecule has 0 radical (unpaired) electrons. The first-order valence-corrected chi connectivity index (χ1v) is 7.84. The van der Waals surface area contributed by atoms with Crippen LogP contribution in [0.3, 0.4) is 0 Å². The Kier molecular flexibility index (Phi) is 4.82. The molecule has 0 saturated carbocycles. The van der Waals surface area contributed by atoms with Crippen molar-refractivity contribution in [1.82, 2.24) is 10.3 Å². The second-order valence-corrected chi connectivity index (χ2v) is 5.58. The van der Waals surface area contributed by atoms with Crippen molar-refractivity contribution in [1.29, 1.82) is 0 Å². The van der Waals surface area contributed by atoms with Gasteiger partial charge in [0.25, 0.3) is 5.91 Å². The van der Waals surface area contributed by atoms with Crippen molar-refractivity contribution in [3.05, 3.63) is 65.9 Å². The molecule has 1 amide bonds. The van der Waals surface area contributed by atoms with E-state index in [9.17, 15) is 9.90 Å². The first kappa shape index (κ1) is 16.1. The fraction of sp³-hybridized carbons (Fsp3) is 0.211. The number of nitrogens with one attached hydrogen (secondary N) is 2. The number of hydrogen-bond acceptors (Lipinski definition) is 3. The van der Waals surface area contributed by atoms with Crippen LogP contribution in [0.5, 0.6) is 5.75 Å². The number of carbonyl (C=O) groups is 1. The highest BCUT2D eigenvalue weighted by atomic mass is 16.5. The predicted octanol–water partition coefficient (Wildman–Crippen LogP) is 2.57. The fourth-order valence-corrected chi connectivity index (χ4v) is 2.72. The van der Waals surface area contributed by atoms with Crippen LogP contribution >= 0.6 is 0 Å². The lowest BCUT2D eigenvalue weighted by Crippen LogP contribution is -2.30. The molecule has 5 heteroatoms. The molecule has 1 aromatic heterocycles. The number of benzene rings is 2. The second kappa shape index (κ2) is 7.19. The normalized spacial score (nSPS) is 12.1. The largest absolute Gasteiger partial charge is 0.497 e. The van der Waals surface area contributed by atoms with E-state index in [0.29, 0.717) is 24.3 Å². The predicted molar refractivity (Wildman–Crippen MR) is 93.0 cm³/mol. The van der Waals surface area contributed by atoms with Crippen molar-refractivity contribution in [2.75, 3.05) is 13.7 Å². The van der Waals surface area contributed by atoms with Crippen LogP contribution < -0.4 is 10.1 Å². The maximum Gasteiger partial charge on any atom is 0.253 e. The number of aliphatic hydroxyl groups excluding tert-OH is 1. The van der Waals surface area contributed by atoms with E-state index in [1.54, 1.807) is 31.4 Å². The van der Waals surface area contributed by atoms with Crippen LogP contribution in [-0.4, -0.2) is 29.7 Å². The van der Waals surface area contributed by atoms with Gasteiger partial charge in [0.05, 0.1) is 7.11 Å². The summed E-state index contributed by atoms with van der Waals surface area (Å²) in [5.41, 5.74) is 2.73. The van der Waals surface area contributed by atoms with Crippen LogP contribution in [-0.2, 0) is 11.2 Å².